The quantitative estimate of drug-likeness (QED) is 0.771. The molecule has 1 saturated heterocycles. The van der Waals surface area contributed by atoms with Crippen LogP contribution < -0.4 is 5.32 Å². The maximum atomic E-state index is 12.3. The standard InChI is InChI=1S/C13H18N2O/c1-10-3-4-11(2)12(9-10)13(16)15-7-5-14-6-8-15/h3-4,9,14H,5-8H2,1-2H3. The molecule has 0 saturated carbocycles. The second kappa shape index (κ2) is 4.66. The minimum Gasteiger partial charge on any atom is -0.336 e. The molecule has 0 bridgehead atoms. The first-order chi connectivity index (χ1) is 7.68. The third-order valence-corrected chi connectivity index (χ3v) is 3.03. The van der Waals surface area contributed by atoms with Crippen LogP contribution in [0.3, 0.4) is 0 Å². The summed E-state index contributed by atoms with van der Waals surface area (Å²) in [6.45, 7) is 7.44. The number of aryl methyl sites for hydroxylation is 2. The van der Waals surface area contributed by atoms with Gasteiger partial charge in [-0.15, -0.1) is 0 Å². The highest BCUT2D eigenvalue weighted by atomic mass is 16.2. The molecular weight excluding hydrogens is 200 g/mol. The smallest absolute Gasteiger partial charge is 0.254 e. The van der Waals surface area contributed by atoms with Gasteiger partial charge >= 0.3 is 0 Å². The van der Waals surface area contributed by atoms with Gasteiger partial charge in [0, 0.05) is 31.7 Å². The van der Waals surface area contributed by atoms with Gasteiger partial charge in [0.05, 0.1) is 0 Å². The molecule has 1 heterocycles. The third-order valence-electron chi connectivity index (χ3n) is 3.03. The predicted molar refractivity (Wildman–Crippen MR) is 64.7 cm³/mol. The number of hydrogen-bond acceptors (Lipinski definition) is 2. The van der Waals surface area contributed by atoms with Crippen molar-refractivity contribution in [2.24, 2.45) is 0 Å². The number of hydrogen-bond donors (Lipinski definition) is 1. The fourth-order valence-corrected chi connectivity index (χ4v) is 2.00. The molecule has 0 aromatic heterocycles. The van der Waals surface area contributed by atoms with E-state index in [0.29, 0.717) is 0 Å². The Morgan fingerprint density at radius 2 is 1.94 bits per heavy atom. The lowest BCUT2D eigenvalue weighted by molar-refractivity contribution is 0.0735. The van der Waals surface area contributed by atoms with Crippen molar-refractivity contribution in [3.05, 3.63) is 34.9 Å². The number of benzene rings is 1. The van der Waals surface area contributed by atoms with Crippen LogP contribution in [0.5, 0.6) is 0 Å². The number of rotatable bonds is 1. The van der Waals surface area contributed by atoms with Gasteiger partial charge in [-0.3, -0.25) is 4.79 Å². The van der Waals surface area contributed by atoms with Crippen LogP contribution in [0.4, 0.5) is 0 Å². The normalized spacial score (nSPS) is 16.2. The fourth-order valence-electron chi connectivity index (χ4n) is 2.00. The molecule has 0 radical (unpaired) electrons. The molecule has 0 spiro atoms. The van der Waals surface area contributed by atoms with Crippen molar-refractivity contribution in [2.45, 2.75) is 13.8 Å². The predicted octanol–water partition coefficient (Wildman–Crippen LogP) is 1.35. The third kappa shape index (κ3) is 2.25. The highest BCUT2D eigenvalue weighted by molar-refractivity contribution is 5.95. The zero-order chi connectivity index (χ0) is 11.5. The Morgan fingerprint density at radius 1 is 1.25 bits per heavy atom. The highest BCUT2D eigenvalue weighted by Crippen LogP contribution is 2.13. The van der Waals surface area contributed by atoms with Gasteiger partial charge in [-0.2, -0.15) is 0 Å². The summed E-state index contributed by atoms with van der Waals surface area (Å²) < 4.78 is 0. The van der Waals surface area contributed by atoms with E-state index in [0.717, 1.165) is 42.9 Å². The monoisotopic (exact) mass is 218 g/mol. The van der Waals surface area contributed by atoms with Crippen LogP contribution >= 0.6 is 0 Å². The molecule has 1 aliphatic heterocycles. The lowest BCUT2D eigenvalue weighted by Gasteiger charge is -2.28. The van der Waals surface area contributed by atoms with Gasteiger partial charge in [0.2, 0.25) is 0 Å². The average molecular weight is 218 g/mol. The molecule has 2 rings (SSSR count). The number of nitrogens with zero attached hydrogens (tertiary/aromatic N) is 1. The Hall–Kier alpha value is -1.35. The van der Waals surface area contributed by atoms with Crippen LogP contribution in [0.2, 0.25) is 0 Å². The Labute approximate surface area is 96.5 Å². The van der Waals surface area contributed by atoms with E-state index in [9.17, 15) is 4.79 Å². The van der Waals surface area contributed by atoms with Crippen molar-refractivity contribution >= 4 is 5.91 Å². The summed E-state index contributed by atoms with van der Waals surface area (Å²) in [4.78, 5) is 14.2. The zero-order valence-corrected chi connectivity index (χ0v) is 9.92. The van der Waals surface area contributed by atoms with Gasteiger partial charge < -0.3 is 10.2 Å². The molecule has 16 heavy (non-hydrogen) atoms. The van der Waals surface area contributed by atoms with Crippen LogP contribution in [0, 0.1) is 13.8 Å². The Kier molecular flexibility index (Phi) is 3.25. The van der Waals surface area contributed by atoms with Crippen molar-refractivity contribution in [1.29, 1.82) is 0 Å². The van der Waals surface area contributed by atoms with Gasteiger partial charge in [-0.1, -0.05) is 17.7 Å². The number of piperazine rings is 1. The van der Waals surface area contributed by atoms with Gasteiger partial charge in [0.1, 0.15) is 0 Å². The lowest BCUT2D eigenvalue weighted by atomic mass is 10.0. The van der Waals surface area contributed by atoms with E-state index in [4.69, 9.17) is 0 Å². The molecule has 1 aliphatic rings. The molecule has 0 aliphatic carbocycles. The van der Waals surface area contributed by atoms with E-state index in [2.05, 4.69) is 5.32 Å². The summed E-state index contributed by atoms with van der Waals surface area (Å²) in [7, 11) is 0. The molecule has 3 nitrogen and oxygen atoms in total. The SMILES string of the molecule is Cc1ccc(C)c(C(=O)N2CCNCC2)c1. The maximum absolute atomic E-state index is 12.3. The first-order valence-electron chi connectivity index (χ1n) is 5.76. The van der Waals surface area contributed by atoms with Gasteiger partial charge in [0.15, 0.2) is 0 Å². The van der Waals surface area contributed by atoms with E-state index < -0.39 is 0 Å². The first-order valence-corrected chi connectivity index (χ1v) is 5.76. The second-order valence-corrected chi connectivity index (χ2v) is 4.36. The van der Waals surface area contributed by atoms with Crippen molar-refractivity contribution < 1.29 is 4.79 Å². The van der Waals surface area contributed by atoms with Crippen LogP contribution in [-0.4, -0.2) is 37.0 Å². The molecule has 1 amide bonds. The summed E-state index contributed by atoms with van der Waals surface area (Å²) in [5.41, 5.74) is 3.06. The molecule has 0 unspecified atom stereocenters. The van der Waals surface area contributed by atoms with Crippen LogP contribution in [-0.2, 0) is 0 Å². The maximum Gasteiger partial charge on any atom is 0.254 e. The largest absolute Gasteiger partial charge is 0.336 e. The first kappa shape index (κ1) is 11.1. The average Bonchev–Trinajstić information content (AvgIpc) is 2.32. The van der Waals surface area contributed by atoms with Crippen LogP contribution in [0.15, 0.2) is 18.2 Å². The summed E-state index contributed by atoms with van der Waals surface area (Å²) in [5, 5.41) is 3.25. The summed E-state index contributed by atoms with van der Waals surface area (Å²) in [5.74, 6) is 0.169. The Bertz CT molecular complexity index is 395. The Morgan fingerprint density at radius 3 is 2.62 bits per heavy atom. The fraction of sp³-hybridized carbons (Fsp3) is 0.462. The zero-order valence-electron chi connectivity index (χ0n) is 9.92. The van der Waals surface area contributed by atoms with Crippen molar-refractivity contribution in [2.75, 3.05) is 26.2 Å². The molecule has 3 heteroatoms. The van der Waals surface area contributed by atoms with Gasteiger partial charge in [-0.25, -0.2) is 0 Å². The number of amides is 1. The second-order valence-electron chi connectivity index (χ2n) is 4.36. The minimum atomic E-state index is 0.169. The van der Waals surface area contributed by atoms with E-state index >= 15 is 0 Å². The molecule has 1 N–H and O–H groups in total. The number of carbonyl (C=O) groups is 1. The van der Waals surface area contributed by atoms with Crippen molar-refractivity contribution in [3.8, 4) is 0 Å². The summed E-state index contributed by atoms with van der Waals surface area (Å²) >= 11 is 0. The summed E-state index contributed by atoms with van der Waals surface area (Å²) in [6.07, 6.45) is 0. The van der Waals surface area contributed by atoms with E-state index in [1.807, 2.05) is 36.9 Å². The summed E-state index contributed by atoms with van der Waals surface area (Å²) in [6, 6.07) is 6.05. The molecule has 86 valence electrons. The lowest BCUT2D eigenvalue weighted by Crippen LogP contribution is -2.46. The van der Waals surface area contributed by atoms with E-state index in [1.54, 1.807) is 0 Å². The molecule has 1 aromatic rings. The van der Waals surface area contributed by atoms with E-state index in [-0.39, 0.29) is 5.91 Å². The Balaban J connectivity index is 2.22. The molecule has 0 atom stereocenters. The molecule has 1 aromatic carbocycles. The topological polar surface area (TPSA) is 32.3 Å². The van der Waals surface area contributed by atoms with Crippen molar-refractivity contribution in [3.63, 3.8) is 0 Å². The minimum absolute atomic E-state index is 0.169. The molecule has 1 fully saturated rings. The number of nitrogens with one attached hydrogen (secondary N) is 1. The number of carbonyl (C=O) groups excluding carboxylic acids is 1. The molecular formula is C13H18N2O. The van der Waals surface area contributed by atoms with Gasteiger partial charge in [-0.05, 0) is 25.5 Å². The van der Waals surface area contributed by atoms with Crippen LogP contribution in [0.1, 0.15) is 21.5 Å². The van der Waals surface area contributed by atoms with Gasteiger partial charge in [0.25, 0.3) is 5.91 Å². The van der Waals surface area contributed by atoms with Crippen molar-refractivity contribution in [1.82, 2.24) is 10.2 Å². The van der Waals surface area contributed by atoms with Crippen LogP contribution in [0.25, 0.3) is 0 Å². The van der Waals surface area contributed by atoms with E-state index in [1.165, 1.54) is 0 Å². The highest BCUT2D eigenvalue weighted by Gasteiger charge is 2.19.